The Morgan fingerprint density at radius 2 is 1.50 bits per heavy atom. The maximum Gasteiger partial charge on any atom is 0.245 e. The zero-order valence-electron chi connectivity index (χ0n) is 22.2. The number of aliphatic hydroxyl groups excluding tert-OH is 1. The molecule has 4 atom stereocenters. The molecule has 1 fully saturated rings. The highest BCUT2D eigenvalue weighted by Gasteiger charge is 2.33. The van der Waals surface area contributed by atoms with Gasteiger partial charge in [0.25, 0.3) is 0 Å². The lowest BCUT2D eigenvalue weighted by Crippen LogP contribution is -2.58. The predicted molar refractivity (Wildman–Crippen MR) is 152 cm³/mol. The van der Waals surface area contributed by atoms with Crippen LogP contribution in [0.15, 0.2) is 36.4 Å². The van der Waals surface area contributed by atoms with Gasteiger partial charge in [0.15, 0.2) is 0 Å². The van der Waals surface area contributed by atoms with Gasteiger partial charge in [0.05, 0.1) is 12.1 Å². The van der Waals surface area contributed by atoms with Gasteiger partial charge in [-0.05, 0) is 65.8 Å². The predicted octanol–water partition coefficient (Wildman–Crippen LogP) is 0.304. The first-order valence-electron chi connectivity index (χ1n) is 13.3. The number of phenolic OH excluding ortho intramolecular Hbond substituents is 2. The van der Waals surface area contributed by atoms with E-state index in [1.807, 2.05) is 0 Å². The van der Waals surface area contributed by atoms with E-state index in [1.165, 1.54) is 12.1 Å². The number of nitrogens with one attached hydrogen (secondary N) is 2. The summed E-state index contributed by atoms with van der Waals surface area (Å²) in [5.74, 6) is -1.68. The molecule has 40 heavy (non-hydrogen) atoms. The maximum atomic E-state index is 13.6. The summed E-state index contributed by atoms with van der Waals surface area (Å²) in [5.41, 5.74) is 14.0. The molecule has 2 aliphatic rings. The largest absolute Gasteiger partial charge is 0.508 e. The maximum absolute atomic E-state index is 13.6. The van der Waals surface area contributed by atoms with Crippen LogP contribution in [0.2, 0.25) is 0 Å². The quantitative estimate of drug-likeness (QED) is 0.271. The number of phenols is 2. The van der Waals surface area contributed by atoms with Gasteiger partial charge in [-0.15, -0.1) is 12.4 Å². The Morgan fingerprint density at radius 3 is 2.08 bits per heavy atom. The molecule has 2 heterocycles. The minimum absolute atomic E-state index is 0. The Morgan fingerprint density at radius 1 is 0.925 bits per heavy atom. The summed E-state index contributed by atoms with van der Waals surface area (Å²) in [6, 6.07) is 6.56. The van der Waals surface area contributed by atoms with Crippen molar-refractivity contribution in [3.05, 3.63) is 47.5 Å². The molecular weight excluding hydrogens is 538 g/mol. The van der Waals surface area contributed by atoms with Gasteiger partial charge < -0.3 is 42.3 Å². The second-order valence-electron chi connectivity index (χ2n) is 10.3. The van der Waals surface area contributed by atoms with Gasteiger partial charge >= 0.3 is 0 Å². The Kier molecular flexibility index (Phi) is 10.7. The number of hydrogen-bond donors (Lipinski definition) is 7. The normalized spacial score (nSPS) is 22.6. The second-order valence-corrected chi connectivity index (χ2v) is 10.3. The summed E-state index contributed by atoms with van der Waals surface area (Å²) in [6.45, 7) is 0.992. The average molecular weight is 576 g/mol. The third kappa shape index (κ3) is 7.42. The van der Waals surface area contributed by atoms with Crippen LogP contribution in [-0.2, 0) is 27.2 Å². The van der Waals surface area contributed by atoms with Crippen LogP contribution in [0.4, 0.5) is 0 Å². The number of benzene rings is 2. The van der Waals surface area contributed by atoms with E-state index in [4.69, 9.17) is 11.5 Å². The number of hydrogen-bond acceptors (Lipinski definition) is 8. The number of halogens is 1. The molecule has 2 aromatic rings. The summed E-state index contributed by atoms with van der Waals surface area (Å²) < 4.78 is 0. The van der Waals surface area contributed by atoms with Crippen LogP contribution in [0.3, 0.4) is 0 Å². The zero-order valence-corrected chi connectivity index (χ0v) is 23.0. The molecule has 0 aliphatic carbocycles. The molecule has 2 aliphatic heterocycles. The standard InChI is InChI=1S/C28H37N5O6.ClH/c29-15-20(34)14-22-27(38)32-23(28(39)33-8-2-1-3-9-33)13-19-11-17(5-7-25(19)36)16-4-6-24(35)18(10-16)12-21(30)26(37)31-22;/h4-7,10-11,20-23,34-36H,1-3,8-9,12-15,29-30H2,(H,31,37)(H,32,38);1H/t20-,21+,22-,23-;/m1./s1. The van der Waals surface area contributed by atoms with Crippen molar-refractivity contribution in [1.29, 1.82) is 0 Å². The third-order valence-electron chi connectivity index (χ3n) is 7.39. The van der Waals surface area contributed by atoms with Crippen LogP contribution in [0.1, 0.15) is 36.8 Å². The number of rotatable bonds is 4. The number of piperidine rings is 1. The van der Waals surface area contributed by atoms with E-state index in [2.05, 4.69) is 10.6 Å². The van der Waals surface area contributed by atoms with Gasteiger partial charge in [-0.25, -0.2) is 0 Å². The summed E-state index contributed by atoms with van der Waals surface area (Å²) in [7, 11) is 0. The Balaban J connectivity index is 0.00000441. The van der Waals surface area contributed by atoms with Crippen molar-refractivity contribution in [1.82, 2.24) is 15.5 Å². The van der Waals surface area contributed by atoms with Crippen molar-refractivity contribution in [3.63, 3.8) is 0 Å². The second kappa shape index (κ2) is 13.8. The van der Waals surface area contributed by atoms with Crippen molar-refractivity contribution in [2.45, 2.75) is 62.8 Å². The molecule has 1 saturated heterocycles. The fraction of sp³-hybridized carbons (Fsp3) is 0.464. The molecule has 4 bridgehead atoms. The van der Waals surface area contributed by atoms with Gasteiger partial charge in [-0.1, -0.05) is 12.1 Å². The third-order valence-corrected chi connectivity index (χ3v) is 7.39. The van der Waals surface area contributed by atoms with Crippen LogP contribution < -0.4 is 22.1 Å². The highest BCUT2D eigenvalue weighted by Crippen LogP contribution is 2.31. The summed E-state index contributed by atoms with van der Waals surface area (Å²) in [4.78, 5) is 41.8. The molecule has 9 N–H and O–H groups in total. The van der Waals surface area contributed by atoms with E-state index >= 15 is 0 Å². The molecule has 11 nitrogen and oxygen atoms in total. The van der Waals surface area contributed by atoms with Crippen LogP contribution >= 0.6 is 12.4 Å². The van der Waals surface area contributed by atoms with Crippen molar-refractivity contribution in [3.8, 4) is 22.6 Å². The molecule has 0 unspecified atom stereocenters. The van der Waals surface area contributed by atoms with Gasteiger partial charge in [0.1, 0.15) is 23.6 Å². The first-order chi connectivity index (χ1) is 18.7. The van der Waals surface area contributed by atoms with Crippen LogP contribution in [0.5, 0.6) is 11.5 Å². The molecule has 0 radical (unpaired) electrons. The average Bonchev–Trinajstić information content (AvgIpc) is 2.94. The number of fused-ring (bicyclic) bond motifs is 5. The molecule has 0 aromatic heterocycles. The zero-order chi connectivity index (χ0) is 28.1. The van der Waals surface area contributed by atoms with E-state index in [-0.39, 0.29) is 55.6 Å². The van der Waals surface area contributed by atoms with Crippen LogP contribution in [0.25, 0.3) is 11.1 Å². The molecule has 4 rings (SSSR count). The van der Waals surface area contributed by atoms with Crippen LogP contribution in [-0.4, -0.2) is 81.8 Å². The van der Waals surface area contributed by atoms with Crippen molar-refractivity contribution in [2.75, 3.05) is 19.6 Å². The summed E-state index contributed by atoms with van der Waals surface area (Å²) in [6.07, 6.45) is 1.45. The highest BCUT2D eigenvalue weighted by molar-refractivity contribution is 5.93. The monoisotopic (exact) mass is 575 g/mol. The first kappa shape index (κ1) is 31.2. The van der Waals surface area contributed by atoms with Crippen molar-refractivity contribution in [2.24, 2.45) is 11.5 Å². The Bertz CT molecular complexity index is 1220. The van der Waals surface area contributed by atoms with E-state index in [9.17, 15) is 29.7 Å². The number of carbonyl (C=O) groups is 3. The van der Waals surface area contributed by atoms with Gasteiger partial charge in [0, 0.05) is 38.9 Å². The van der Waals surface area contributed by atoms with Crippen molar-refractivity contribution >= 4 is 30.1 Å². The SMILES string of the molecule is Cl.NC[C@H](O)C[C@H]1NC(=O)[C@@H](N)Cc2cc(ccc2O)-c2ccc(O)c(c2)C[C@H](C(=O)N2CCCCC2)NC1=O. The van der Waals surface area contributed by atoms with Crippen LogP contribution in [0, 0.1) is 0 Å². The number of carbonyl (C=O) groups excluding carboxylic acids is 3. The molecule has 12 heteroatoms. The van der Waals surface area contributed by atoms with Gasteiger partial charge in [0.2, 0.25) is 17.7 Å². The Hall–Kier alpha value is -3.38. The lowest BCUT2D eigenvalue weighted by Gasteiger charge is -2.32. The molecule has 3 amide bonds. The van der Waals surface area contributed by atoms with E-state index < -0.39 is 36.0 Å². The molecule has 218 valence electrons. The lowest BCUT2D eigenvalue weighted by atomic mass is 9.95. The summed E-state index contributed by atoms with van der Waals surface area (Å²) >= 11 is 0. The van der Waals surface area contributed by atoms with E-state index in [0.29, 0.717) is 24.2 Å². The van der Waals surface area contributed by atoms with Crippen molar-refractivity contribution < 1.29 is 29.7 Å². The number of amides is 3. The highest BCUT2D eigenvalue weighted by atomic mass is 35.5. The fourth-order valence-corrected chi connectivity index (χ4v) is 5.09. The van der Waals surface area contributed by atoms with E-state index in [0.717, 1.165) is 30.4 Å². The minimum atomic E-state index is -1.22. The molecule has 0 spiro atoms. The lowest BCUT2D eigenvalue weighted by molar-refractivity contribution is -0.138. The Labute approximate surface area is 239 Å². The first-order valence-corrected chi connectivity index (χ1v) is 13.3. The molecule has 2 aromatic carbocycles. The smallest absolute Gasteiger partial charge is 0.245 e. The minimum Gasteiger partial charge on any atom is -0.508 e. The van der Waals surface area contributed by atoms with Gasteiger partial charge in [-0.3, -0.25) is 14.4 Å². The molecular formula is C28H38ClN5O6. The molecule has 0 saturated carbocycles. The number of aliphatic hydroxyl groups is 1. The number of likely N-dealkylation sites (tertiary alicyclic amines) is 1. The number of aromatic hydroxyl groups is 2. The fourth-order valence-electron chi connectivity index (χ4n) is 5.09. The van der Waals surface area contributed by atoms with Gasteiger partial charge in [-0.2, -0.15) is 0 Å². The number of nitrogens with two attached hydrogens (primary N) is 2. The van der Waals surface area contributed by atoms with E-state index in [1.54, 1.807) is 29.2 Å². The topological polar surface area (TPSA) is 191 Å². The summed E-state index contributed by atoms with van der Waals surface area (Å²) in [5, 5.41) is 36.7. The number of nitrogens with zero attached hydrogens (tertiary/aromatic N) is 1.